The van der Waals surface area contributed by atoms with Crippen molar-refractivity contribution in [1.29, 1.82) is 0 Å². The van der Waals surface area contributed by atoms with Crippen LogP contribution in [0.25, 0.3) is 56.0 Å². The van der Waals surface area contributed by atoms with Crippen LogP contribution in [0.5, 0.6) is 0 Å². The average molecular weight is 1350 g/mol. The average Bonchev–Trinajstić information content (AvgIpc) is 1.61. The summed E-state index contributed by atoms with van der Waals surface area (Å²) >= 11 is 0. The number of hydrogen-bond donors (Lipinski definition) is 7. The summed E-state index contributed by atoms with van der Waals surface area (Å²) in [6.45, 7) is 14.5. The van der Waals surface area contributed by atoms with E-state index in [2.05, 4.69) is 147 Å². The number of piperidine rings is 2. The number of rotatable bonds is 14. The van der Waals surface area contributed by atoms with Crippen LogP contribution in [-0.2, 0) is 19.6 Å². The summed E-state index contributed by atoms with van der Waals surface area (Å²) in [4.78, 5) is 78.2. The number of aromatic nitrogens is 10. The van der Waals surface area contributed by atoms with Crippen LogP contribution in [0.2, 0.25) is 0 Å². The molecule has 101 heavy (non-hydrogen) atoms. The Labute approximate surface area is 584 Å². The number of nitrogens with zero attached hydrogens (tertiary/aromatic N) is 13. The standard InChI is InChI=1S/2C27H28N6O.C24H24N8O/c1-2-17-9-13-33(14-10-17)18-3-6-24(30-15-18)32-23-5-4-19(22-16-31-27(34)25(22)23)20-7-11-28-26-21(20)8-12-29-26;1-2-18-10-13-32(14-11-18)19-6-9-24(28-15-19)31-22-8-7-20(21-16-30-27(34)26(21)22)23-17-29-25-5-3-4-12-33(23)25;1-30-9-11-31(12-10-30)16-4-7-21(25-13-16)29-19-6-5-17(18-14-27-24(33)23(18)19)20-15-26-22-3-2-8-28-32(20)22/h3-8,11-12,15,17H,2,9-10,13-14,16H2,1H3,(H,28,29)(H,30,32)(H,31,34);3-9,12,15,17-18H,2,10-11,13-14,16H2,1H3,(H,28,31)(H,30,34);2-8,13,15H,9-12,14H2,1H3,(H,25,29)(H,27,33). The van der Waals surface area contributed by atoms with E-state index in [1.807, 2.05) is 122 Å². The molecule has 3 fully saturated rings. The van der Waals surface area contributed by atoms with Gasteiger partial charge in [-0.1, -0.05) is 51.0 Å². The van der Waals surface area contributed by atoms with Crippen LogP contribution in [0.4, 0.5) is 51.6 Å². The van der Waals surface area contributed by atoms with Gasteiger partial charge in [0, 0.05) is 113 Å². The van der Waals surface area contributed by atoms with Crippen molar-refractivity contribution in [2.75, 3.05) is 90.1 Å². The number of carbonyl (C=O) groups is 3. The van der Waals surface area contributed by atoms with Gasteiger partial charge in [-0.2, -0.15) is 5.10 Å². The number of likely N-dealkylation sites (N-methyl/N-ethyl adjacent to an activating group) is 1. The van der Waals surface area contributed by atoms with E-state index in [1.165, 1.54) is 38.5 Å². The van der Waals surface area contributed by atoms with Crippen molar-refractivity contribution in [3.63, 3.8) is 0 Å². The number of nitrogens with one attached hydrogen (secondary N) is 7. The highest BCUT2D eigenvalue weighted by Crippen LogP contribution is 2.41. The smallest absolute Gasteiger partial charge is 0.254 e. The van der Waals surface area contributed by atoms with E-state index in [0.717, 1.165) is 183 Å². The third kappa shape index (κ3) is 12.8. The van der Waals surface area contributed by atoms with Crippen LogP contribution in [-0.4, -0.2) is 131 Å². The van der Waals surface area contributed by atoms with Crippen molar-refractivity contribution >= 4 is 91.6 Å². The molecule has 6 aliphatic heterocycles. The van der Waals surface area contributed by atoms with Crippen molar-refractivity contribution in [1.82, 2.24) is 69.8 Å². The third-order valence-electron chi connectivity index (χ3n) is 20.9. The van der Waals surface area contributed by atoms with E-state index < -0.39 is 0 Å². The van der Waals surface area contributed by atoms with Gasteiger partial charge < -0.3 is 56.5 Å². The third-order valence-corrected chi connectivity index (χ3v) is 20.9. The Balaban J connectivity index is 0.000000118. The second-order valence-electron chi connectivity index (χ2n) is 26.7. The zero-order valence-electron chi connectivity index (χ0n) is 56.9. The monoisotopic (exact) mass is 1340 g/mol. The summed E-state index contributed by atoms with van der Waals surface area (Å²) in [6.07, 6.45) is 24.4. The van der Waals surface area contributed by atoms with Crippen molar-refractivity contribution in [3.8, 4) is 33.6 Å². The number of imidazole rings is 2. The maximum atomic E-state index is 12.8. The highest BCUT2D eigenvalue weighted by molar-refractivity contribution is 6.09. The van der Waals surface area contributed by atoms with Gasteiger partial charge in [0.15, 0.2) is 5.65 Å². The van der Waals surface area contributed by atoms with Crippen molar-refractivity contribution < 1.29 is 14.4 Å². The molecule has 12 aromatic rings. The summed E-state index contributed by atoms with van der Waals surface area (Å²) in [5, 5.41) is 24.5. The minimum Gasteiger partial charge on any atom is -0.370 e. The lowest BCUT2D eigenvalue weighted by atomic mass is 9.94. The number of aromatic amines is 1. The summed E-state index contributed by atoms with van der Waals surface area (Å²) in [7, 11) is 2.15. The number of hydrogen-bond acceptors (Lipinski definition) is 17. The molecular weight excluding hydrogens is 1260 g/mol. The first-order valence-corrected chi connectivity index (χ1v) is 35.2. The van der Waals surface area contributed by atoms with Gasteiger partial charge in [0.25, 0.3) is 17.7 Å². The Bertz CT molecular complexity index is 5040. The Kier molecular flexibility index (Phi) is 17.7. The molecule has 0 saturated carbocycles. The van der Waals surface area contributed by atoms with Gasteiger partial charge in [-0.25, -0.2) is 34.4 Å². The van der Waals surface area contributed by atoms with Crippen molar-refractivity contribution in [2.24, 2.45) is 11.8 Å². The van der Waals surface area contributed by atoms with Crippen LogP contribution in [0, 0.1) is 11.8 Å². The van der Waals surface area contributed by atoms with Crippen LogP contribution in [0.3, 0.4) is 0 Å². The summed E-state index contributed by atoms with van der Waals surface area (Å²) < 4.78 is 3.85. The fourth-order valence-corrected chi connectivity index (χ4v) is 15.0. The molecule has 15 heterocycles. The highest BCUT2D eigenvalue weighted by Gasteiger charge is 2.31. The molecule has 0 unspecified atom stereocenters. The molecule has 0 radical (unpaired) electrons. The largest absolute Gasteiger partial charge is 0.370 e. The van der Waals surface area contributed by atoms with Gasteiger partial charge in [0.2, 0.25) is 0 Å². The molecule has 0 atom stereocenters. The summed E-state index contributed by atoms with van der Waals surface area (Å²) in [6, 6.07) is 38.0. The second kappa shape index (κ2) is 27.9. The zero-order chi connectivity index (χ0) is 68.5. The molecule has 23 nitrogen and oxygen atoms in total. The molecule has 0 bridgehead atoms. The minimum atomic E-state index is -0.0924. The molecule has 23 heteroatoms. The fraction of sp³-hybridized carbons (Fsp3) is 0.282. The van der Waals surface area contributed by atoms with Gasteiger partial charge in [-0.05, 0) is 163 Å². The minimum absolute atomic E-state index is 0.0610. The number of amides is 3. The molecule has 7 N–H and O–H groups in total. The first-order valence-electron chi connectivity index (χ1n) is 35.2. The lowest BCUT2D eigenvalue weighted by Gasteiger charge is -2.33. The van der Waals surface area contributed by atoms with Gasteiger partial charge in [0.1, 0.15) is 28.7 Å². The first-order chi connectivity index (χ1) is 49.6. The van der Waals surface area contributed by atoms with Gasteiger partial charge in [-0.3, -0.25) is 18.8 Å². The number of H-pyrrole nitrogens is 1. The number of benzene rings is 3. The van der Waals surface area contributed by atoms with Crippen LogP contribution < -0.4 is 46.6 Å². The molecule has 3 saturated heterocycles. The lowest BCUT2D eigenvalue weighted by Crippen LogP contribution is -2.44. The second-order valence-corrected chi connectivity index (χ2v) is 26.7. The Morgan fingerprint density at radius 1 is 0.446 bits per heavy atom. The van der Waals surface area contributed by atoms with E-state index in [1.54, 1.807) is 23.1 Å². The van der Waals surface area contributed by atoms with Crippen LogP contribution >= 0.6 is 0 Å². The molecule has 18 rings (SSSR count). The Morgan fingerprint density at radius 2 is 0.931 bits per heavy atom. The van der Waals surface area contributed by atoms with Crippen LogP contribution in [0.15, 0.2) is 171 Å². The quantitative estimate of drug-likeness (QED) is 0.0534. The van der Waals surface area contributed by atoms with Gasteiger partial charge >= 0.3 is 0 Å². The predicted octanol–water partition coefficient (Wildman–Crippen LogP) is 12.8. The SMILES string of the molecule is CCC1CCN(c2ccc(Nc3ccc(-c4ccnc5[nH]ccc45)c4c3C(=O)NC4)nc2)CC1.CCC1CCN(c2ccc(Nc3ccc(-c4cnc5ccccn45)c4c3C(=O)NC4)nc2)CC1.CN1CCN(c2ccc(Nc3ccc(-c4cnc5cccnn45)c4c3C(=O)NC4)nc2)CC1. The van der Waals surface area contributed by atoms with E-state index in [0.29, 0.717) is 42.1 Å². The first kappa shape index (κ1) is 64.0. The molecule has 0 spiro atoms. The molecule has 510 valence electrons. The maximum absolute atomic E-state index is 12.8. The van der Waals surface area contributed by atoms with Gasteiger partial charge in [-0.15, -0.1) is 0 Å². The molecule has 3 amide bonds. The zero-order valence-corrected chi connectivity index (χ0v) is 56.9. The van der Waals surface area contributed by atoms with Crippen molar-refractivity contribution in [2.45, 2.75) is 72.0 Å². The number of fused-ring (bicyclic) bond motifs is 6. The normalized spacial score (nSPS) is 16.1. The van der Waals surface area contributed by atoms with E-state index in [-0.39, 0.29) is 17.7 Å². The Hall–Kier alpha value is -11.7. The van der Waals surface area contributed by atoms with Gasteiger partial charge in [0.05, 0.1) is 93.2 Å². The molecule has 3 aromatic carbocycles. The summed E-state index contributed by atoms with van der Waals surface area (Å²) in [5.74, 6) is 3.65. The molecular formula is C78H80N20O3. The number of piperazine rings is 1. The number of anilines is 9. The fourth-order valence-electron chi connectivity index (χ4n) is 15.0. The topological polar surface area (TPSA) is 251 Å². The van der Waals surface area contributed by atoms with E-state index in [4.69, 9.17) is 0 Å². The Morgan fingerprint density at radius 3 is 1.46 bits per heavy atom. The summed E-state index contributed by atoms with van der Waals surface area (Å²) in [5.41, 5.74) is 19.0. The highest BCUT2D eigenvalue weighted by atomic mass is 16.2. The van der Waals surface area contributed by atoms with E-state index >= 15 is 0 Å². The number of pyridine rings is 5. The van der Waals surface area contributed by atoms with E-state index in [9.17, 15) is 14.4 Å². The predicted molar refractivity (Wildman–Crippen MR) is 397 cm³/mol. The molecule has 9 aromatic heterocycles. The number of carbonyl (C=O) groups excluding carboxylic acids is 3. The lowest BCUT2D eigenvalue weighted by molar-refractivity contribution is 0.0958. The molecule has 6 aliphatic rings. The van der Waals surface area contributed by atoms with Crippen LogP contribution in [0.1, 0.15) is 100 Å². The van der Waals surface area contributed by atoms with Crippen molar-refractivity contribution in [3.05, 3.63) is 204 Å². The maximum Gasteiger partial charge on any atom is 0.254 e. The molecule has 0 aliphatic carbocycles.